The molecule has 0 unspecified atom stereocenters. The molecule has 0 fully saturated rings. The smallest absolute Gasteiger partial charge is 0.420 e. The molecule has 236 valence electrons. The lowest BCUT2D eigenvalue weighted by atomic mass is 9.84. The van der Waals surface area contributed by atoms with Gasteiger partial charge in [0, 0.05) is 11.1 Å². The van der Waals surface area contributed by atoms with Crippen LogP contribution in [0.5, 0.6) is 23.0 Å². The third kappa shape index (κ3) is 8.15. The Morgan fingerprint density at radius 1 is 0.558 bits per heavy atom. The summed E-state index contributed by atoms with van der Waals surface area (Å²) in [5.74, 6) is -0.259. The largest absolute Gasteiger partial charge is 0.493 e. The Kier molecular flexibility index (Phi) is 9.74. The van der Waals surface area contributed by atoms with Gasteiger partial charge >= 0.3 is 6.18 Å². The number of hydrogen-bond acceptors (Lipinski definition) is 4. The number of hydrogen-bond donors (Lipinski definition) is 0. The van der Waals surface area contributed by atoms with Crippen molar-refractivity contribution in [2.24, 2.45) is 0 Å². The van der Waals surface area contributed by atoms with Gasteiger partial charge in [0.15, 0.2) is 23.1 Å². The van der Waals surface area contributed by atoms with Crippen molar-refractivity contribution < 1.29 is 36.5 Å². The van der Waals surface area contributed by atoms with Crippen LogP contribution in [0.1, 0.15) is 95.7 Å². The number of alkyl halides is 3. The van der Waals surface area contributed by atoms with Gasteiger partial charge in [-0.15, -0.1) is 0 Å². The van der Waals surface area contributed by atoms with Crippen LogP contribution in [0.3, 0.4) is 0 Å². The molecule has 0 spiro atoms. The van der Waals surface area contributed by atoms with E-state index in [1.807, 2.05) is 74.4 Å². The number of methoxy groups -OCH3 is 2. The second-order valence-electron chi connectivity index (χ2n) is 13.8. The number of halogens is 4. The summed E-state index contributed by atoms with van der Waals surface area (Å²) in [6, 6.07) is 11.1. The first-order valence-electron chi connectivity index (χ1n) is 14.2. The van der Waals surface area contributed by atoms with Gasteiger partial charge in [-0.05, 0) is 63.3 Å². The molecule has 0 saturated heterocycles. The highest BCUT2D eigenvalue weighted by molar-refractivity contribution is 5.52. The summed E-state index contributed by atoms with van der Waals surface area (Å²) in [7, 11) is 2.98. The maximum absolute atomic E-state index is 14.7. The fraction of sp³-hybridized carbons (Fsp3) is 0.486. The van der Waals surface area contributed by atoms with Gasteiger partial charge in [-0.3, -0.25) is 0 Å². The van der Waals surface area contributed by atoms with E-state index in [1.54, 1.807) is 6.07 Å². The second-order valence-corrected chi connectivity index (χ2v) is 13.8. The molecule has 3 aromatic rings. The fourth-order valence-electron chi connectivity index (χ4n) is 4.63. The Hall–Kier alpha value is -3.42. The van der Waals surface area contributed by atoms with Crippen molar-refractivity contribution >= 4 is 0 Å². The maximum atomic E-state index is 14.7. The molecule has 0 aromatic heterocycles. The lowest BCUT2D eigenvalue weighted by molar-refractivity contribution is -0.140. The molecule has 3 rings (SSSR count). The Bertz CT molecular complexity index is 1440. The molecule has 43 heavy (non-hydrogen) atoms. The van der Waals surface area contributed by atoms with E-state index < -0.39 is 29.6 Å². The van der Waals surface area contributed by atoms with E-state index in [2.05, 4.69) is 0 Å². The number of ether oxygens (including phenoxy) is 4. The van der Waals surface area contributed by atoms with E-state index in [1.165, 1.54) is 38.5 Å². The second kappa shape index (κ2) is 12.3. The van der Waals surface area contributed by atoms with Crippen LogP contribution in [0.15, 0.2) is 42.5 Å². The molecular weight excluding hydrogens is 560 g/mol. The topological polar surface area (TPSA) is 36.9 Å². The van der Waals surface area contributed by atoms with Crippen molar-refractivity contribution in [3.63, 3.8) is 0 Å². The molecule has 0 amide bonds. The predicted octanol–water partition coefficient (Wildman–Crippen LogP) is 9.91. The Morgan fingerprint density at radius 2 is 1.02 bits per heavy atom. The van der Waals surface area contributed by atoms with E-state index in [4.69, 9.17) is 18.9 Å². The van der Waals surface area contributed by atoms with Crippen LogP contribution in [-0.4, -0.2) is 14.2 Å². The summed E-state index contributed by atoms with van der Waals surface area (Å²) in [5, 5.41) is 0. The van der Waals surface area contributed by atoms with Crippen molar-refractivity contribution in [1.82, 2.24) is 0 Å². The van der Waals surface area contributed by atoms with Crippen LogP contribution in [0.25, 0.3) is 0 Å². The molecule has 0 radical (unpaired) electrons. The number of rotatable bonds is 8. The van der Waals surface area contributed by atoms with E-state index >= 15 is 0 Å². The van der Waals surface area contributed by atoms with Crippen molar-refractivity contribution in [2.75, 3.05) is 14.2 Å². The summed E-state index contributed by atoms with van der Waals surface area (Å²) in [6.45, 7) is 17.0. The zero-order valence-corrected chi connectivity index (χ0v) is 27.1. The molecule has 3 aromatic carbocycles. The van der Waals surface area contributed by atoms with Crippen LogP contribution < -0.4 is 18.9 Å². The van der Waals surface area contributed by atoms with E-state index in [0.29, 0.717) is 22.6 Å². The average Bonchev–Trinajstić information content (AvgIpc) is 2.88. The minimum atomic E-state index is -4.77. The third-order valence-corrected chi connectivity index (χ3v) is 7.32. The summed E-state index contributed by atoms with van der Waals surface area (Å²) in [6.07, 6.45) is -4.77. The molecule has 0 aliphatic heterocycles. The normalized spacial score (nSPS) is 12.7. The zero-order valence-electron chi connectivity index (χ0n) is 27.1. The lowest BCUT2D eigenvalue weighted by Gasteiger charge is -2.26. The first-order valence-corrected chi connectivity index (χ1v) is 14.2. The van der Waals surface area contributed by atoms with Gasteiger partial charge in [-0.1, -0.05) is 74.4 Å². The molecule has 0 bridgehead atoms. The van der Waals surface area contributed by atoms with E-state index in [0.717, 1.165) is 11.1 Å². The highest BCUT2D eigenvalue weighted by Crippen LogP contribution is 2.44. The third-order valence-electron chi connectivity index (χ3n) is 7.32. The van der Waals surface area contributed by atoms with Gasteiger partial charge in [-0.25, -0.2) is 4.39 Å². The minimum Gasteiger partial charge on any atom is -0.493 e. The molecule has 0 heterocycles. The highest BCUT2D eigenvalue weighted by atomic mass is 19.4. The predicted molar refractivity (Wildman–Crippen MR) is 162 cm³/mol. The summed E-state index contributed by atoms with van der Waals surface area (Å²) in [4.78, 5) is 0. The molecule has 0 N–H and O–H groups in total. The van der Waals surface area contributed by atoms with Gasteiger partial charge in [0.25, 0.3) is 0 Å². The summed E-state index contributed by atoms with van der Waals surface area (Å²) in [5.41, 5.74) is 0.680. The van der Waals surface area contributed by atoms with Crippen molar-refractivity contribution in [2.45, 2.75) is 97.9 Å². The van der Waals surface area contributed by atoms with Crippen LogP contribution in [0, 0.1) is 5.82 Å². The average molecular weight is 605 g/mol. The van der Waals surface area contributed by atoms with Crippen LogP contribution in [-0.2, 0) is 35.6 Å². The monoisotopic (exact) mass is 604 g/mol. The Labute approximate surface area is 253 Å². The van der Waals surface area contributed by atoms with Crippen molar-refractivity contribution in [3.8, 4) is 23.0 Å². The molecule has 0 saturated carbocycles. The van der Waals surface area contributed by atoms with E-state index in [-0.39, 0.29) is 34.5 Å². The molecule has 8 heteroatoms. The van der Waals surface area contributed by atoms with Crippen LogP contribution in [0.2, 0.25) is 0 Å². The SMILES string of the molecule is COc1cc(C(C)(C)C)cc(COc2cc(C(C)(C)C)cc(COc3cc(C(C)(C)C)ccc3F)c2C(F)(F)F)c1OC. The highest BCUT2D eigenvalue weighted by Gasteiger charge is 2.39. The standard InChI is InChI=1S/C35H44F4O4/c1-32(2,3)23-12-13-26(36)27(16-23)42-19-21-14-24(33(4,5)6)17-28(30(21)35(37,38)39)43-20-22-15-25(34(7,8)9)18-29(40-10)31(22)41-11/h12-18H,19-20H2,1-11H3. The molecular formula is C35H44F4O4. The Morgan fingerprint density at radius 3 is 1.51 bits per heavy atom. The molecule has 0 aliphatic carbocycles. The molecule has 4 nitrogen and oxygen atoms in total. The first-order chi connectivity index (χ1) is 19.7. The minimum absolute atomic E-state index is 0.111. The zero-order chi connectivity index (χ0) is 32.5. The quantitative estimate of drug-likeness (QED) is 0.240. The van der Waals surface area contributed by atoms with Gasteiger partial charge in [0.2, 0.25) is 0 Å². The van der Waals surface area contributed by atoms with Gasteiger partial charge in [0.1, 0.15) is 24.5 Å². The van der Waals surface area contributed by atoms with Crippen LogP contribution >= 0.6 is 0 Å². The molecule has 0 aliphatic rings. The first kappa shape index (κ1) is 34.1. The van der Waals surface area contributed by atoms with Gasteiger partial charge in [-0.2, -0.15) is 13.2 Å². The Balaban J connectivity index is 2.13. The van der Waals surface area contributed by atoms with Crippen molar-refractivity contribution in [1.29, 1.82) is 0 Å². The van der Waals surface area contributed by atoms with Gasteiger partial charge in [0.05, 0.1) is 14.2 Å². The summed E-state index contributed by atoms with van der Waals surface area (Å²) >= 11 is 0. The maximum Gasteiger partial charge on any atom is 0.420 e. The lowest BCUT2D eigenvalue weighted by Crippen LogP contribution is -2.19. The summed E-state index contributed by atoms with van der Waals surface area (Å²) < 4.78 is 81.7. The number of benzene rings is 3. The van der Waals surface area contributed by atoms with E-state index in [9.17, 15) is 17.6 Å². The molecule has 0 atom stereocenters. The fourth-order valence-corrected chi connectivity index (χ4v) is 4.63. The van der Waals surface area contributed by atoms with Crippen molar-refractivity contribution in [3.05, 3.63) is 81.7 Å². The van der Waals surface area contributed by atoms with Crippen LogP contribution in [0.4, 0.5) is 17.6 Å². The van der Waals surface area contributed by atoms with Gasteiger partial charge < -0.3 is 18.9 Å².